The quantitative estimate of drug-likeness (QED) is 0.760. The monoisotopic (exact) mass is 397 g/mol. The minimum absolute atomic E-state index is 0.0989. The van der Waals surface area contributed by atoms with Gasteiger partial charge in [0.1, 0.15) is 17.4 Å². The highest BCUT2D eigenvalue weighted by atomic mass is 19.4. The lowest BCUT2D eigenvalue weighted by molar-refractivity contribution is -0.274. The first-order valence-corrected chi connectivity index (χ1v) is 8.33. The topological polar surface area (TPSA) is 51.4 Å². The molecule has 0 fully saturated rings. The molecule has 0 bridgehead atoms. The van der Waals surface area contributed by atoms with Crippen LogP contribution in [0.15, 0.2) is 54.5 Å². The summed E-state index contributed by atoms with van der Waals surface area (Å²) in [5.41, 5.74) is 7.06. The predicted octanol–water partition coefficient (Wildman–Crippen LogP) is 4.74. The predicted molar refractivity (Wildman–Crippen MR) is 94.1 cm³/mol. The van der Waals surface area contributed by atoms with Crippen LogP contribution in [0.2, 0.25) is 0 Å². The molecule has 148 valence electrons. The standard InChI is InChI=1S/C19H16F5N3O/c20-13-5-12(6-17(8-13)28-19(22,23)24)18-9-15(25)3-1-2-4-27(18)16-7-14(21)10-26-11-16/h3,5-11H,1-2,4,25H2/b15-3-,18-9-. The van der Waals surface area contributed by atoms with E-state index in [-0.39, 0.29) is 5.56 Å². The number of hydrogen-bond acceptors (Lipinski definition) is 4. The van der Waals surface area contributed by atoms with Crippen LogP contribution in [0, 0.1) is 11.6 Å². The summed E-state index contributed by atoms with van der Waals surface area (Å²) in [7, 11) is 0. The summed E-state index contributed by atoms with van der Waals surface area (Å²) in [6.45, 7) is 0.396. The number of anilines is 1. The lowest BCUT2D eigenvalue weighted by Gasteiger charge is -2.29. The number of halogens is 5. The maximum atomic E-state index is 14.0. The molecule has 2 heterocycles. The number of nitrogens with two attached hydrogens (primary N) is 1. The van der Waals surface area contributed by atoms with Gasteiger partial charge in [-0.3, -0.25) is 4.98 Å². The summed E-state index contributed by atoms with van der Waals surface area (Å²) in [6.07, 6.45) is 2.01. The van der Waals surface area contributed by atoms with E-state index in [2.05, 4.69) is 9.72 Å². The van der Waals surface area contributed by atoms with Crippen molar-refractivity contribution in [2.75, 3.05) is 11.4 Å². The number of ether oxygens (including phenoxy) is 1. The Kier molecular flexibility index (Phi) is 5.53. The molecule has 0 spiro atoms. The van der Waals surface area contributed by atoms with Gasteiger partial charge in [0.2, 0.25) is 0 Å². The minimum atomic E-state index is -4.97. The van der Waals surface area contributed by atoms with Gasteiger partial charge in [-0.2, -0.15) is 0 Å². The Morgan fingerprint density at radius 3 is 2.54 bits per heavy atom. The Labute approximate surface area is 157 Å². The molecule has 1 aromatic heterocycles. The average molecular weight is 397 g/mol. The maximum Gasteiger partial charge on any atom is 0.573 e. The van der Waals surface area contributed by atoms with Gasteiger partial charge in [0.05, 0.1) is 23.8 Å². The van der Waals surface area contributed by atoms with Crippen molar-refractivity contribution in [1.29, 1.82) is 0 Å². The number of alkyl halides is 3. The van der Waals surface area contributed by atoms with E-state index in [0.29, 0.717) is 42.5 Å². The SMILES string of the molecule is NC1=C\CCCN(c2cncc(F)c2)/C(c2cc(F)cc(OC(F)(F)F)c2)=C\1. The lowest BCUT2D eigenvalue weighted by Crippen LogP contribution is -2.25. The normalized spacial score (nSPS) is 19.1. The Balaban J connectivity index is 2.12. The molecule has 28 heavy (non-hydrogen) atoms. The van der Waals surface area contributed by atoms with Gasteiger partial charge in [-0.05, 0) is 31.1 Å². The molecule has 1 aliphatic rings. The molecular formula is C19H16F5N3O. The van der Waals surface area contributed by atoms with Crippen molar-refractivity contribution in [2.45, 2.75) is 19.2 Å². The van der Waals surface area contributed by atoms with Crippen molar-refractivity contribution in [3.8, 4) is 5.75 Å². The van der Waals surface area contributed by atoms with Crippen LogP contribution in [0.4, 0.5) is 27.6 Å². The van der Waals surface area contributed by atoms with Gasteiger partial charge in [-0.25, -0.2) is 8.78 Å². The molecule has 1 aromatic carbocycles. The van der Waals surface area contributed by atoms with Crippen molar-refractivity contribution in [3.05, 3.63) is 71.7 Å². The molecule has 2 aromatic rings. The van der Waals surface area contributed by atoms with Crippen molar-refractivity contribution < 1.29 is 26.7 Å². The molecule has 0 saturated heterocycles. The molecule has 4 nitrogen and oxygen atoms in total. The van der Waals surface area contributed by atoms with Crippen LogP contribution in [0.1, 0.15) is 18.4 Å². The summed E-state index contributed by atoms with van der Waals surface area (Å²) < 4.78 is 69.2. The molecule has 0 amide bonds. The number of allylic oxidation sites excluding steroid dienone is 2. The van der Waals surface area contributed by atoms with E-state index in [9.17, 15) is 22.0 Å². The second kappa shape index (κ2) is 7.87. The first-order chi connectivity index (χ1) is 13.2. The van der Waals surface area contributed by atoms with Gasteiger partial charge >= 0.3 is 6.36 Å². The van der Waals surface area contributed by atoms with Crippen LogP contribution >= 0.6 is 0 Å². The number of aromatic nitrogens is 1. The Hall–Kier alpha value is -3.10. The summed E-state index contributed by atoms with van der Waals surface area (Å²) in [5.74, 6) is -2.20. The van der Waals surface area contributed by atoms with Crippen molar-refractivity contribution in [3.63, 3.8) is 0 Å². The molecule has 0 radical (unpaired) electrons. The molecular weight excluding hydrogens is 381 g/mol. The number of pyridine rings is 1. The molecule has 3 rings (SSSR count). The largest absolute Gasteiger partial charge is 0.573 e. The summed E-state index contributed by atoms with van der Waals surface area (Å²) in [4.78, 5) is 5.43. The van der Waals surface area contributed by atoms with E-state index in [1.807, 2.05) is 0 Å². The van der Waals surface area contributed by atoms with Crippen LogP contribution in [-0.2, 0) is 0 Å². The molecule has 0 unspecified atom stereocenters. The second-order valence-corrected chi connectivity index (χ2v) is 6.11. The number of benzene rings is 1. The van der Waals surface area contributed by atoms with Gasteiger partial charge in [0.15, 0.2) is 0 Å². The zero-order chi connectivity index (χ0) is 20.3. The van der Waals surface area contributed by atoms with Crippen LogP contribution in [-0.4, -0.2) is 17.9 Å². The lowest BCUT2D eigenvalue weighted by atomic mass is 10.1. The first-order valence-electron chi connectivity index (χ1n) is 8.33. The van der Waals surface area contributed by atoms with Crippen molar-refractivity contribution >= 4 is 11.4 Å². The number of rotatable bonds is 3. The molecule has 2 N–H and O–H groups in total. The van der Waals surface area contributed by atoms with Gasteiger partial charge < -0.3 is 15.4 Å². The van der Waals surface area contributed by atoms with Gasteiger partial charge in [-0.1, -0.05) is 6.08 Å². The van der Waals surface area contributed by atoms with Crippen LogP contribution in [0.5, 0.6) is 5.75 Å². The summed E-state index contributed by atoms with van der Waals surface area (Å²) in [5, 5.41) is 0. The third-order valence-electron chi connectivity index (χ3n) is 3.96. The van der Waals surface area contributed by atoms with Crippen LogP contribution in [0.25, 0.3) is 5.70 Å². The highest BCUT2D eigenvalue weighted by molar-refractivity contribution is 5.81. The second-order valence-electron chi connectivity index (χ2n) is 6.11. The summed E-state index contributed by atoms with van der Waals surface area (Å²) in [6, 6.07) is 3.98. The Morgan fingerprint density at radius 1 is 1.04 bits per heavy atom. The highest BCUT2D eigenvalue weighted by Crippen LogP contribution is 2.33. The molecule has 0 aliphatic carbocycles. The first kappa shape index (κ1) is 19.7. The van der Waals surface area contributed by atoms with Crippen LogP contribution in [0.3, 0.4) is 0 Å². The zero-order valence-corrected chi connectivity index (χ0v) is 14.5. The number of nitrogens with zero attached hydrogens (tertiary/aromatic N) is 2. The van der Waals surface area contributed by atoms with Crippen molar-refractivity contribution in [2.24, 2.45) is 5.73 Å². The Bertz CT molecular complexity index is 924. The molecule has 0 saturated carbocycles. The van der Waals surface area contributed by atoms with Crippen LogP contribution < -0.4 is 15.4 Å². The van der Waals surface area contributed by atoms with E-state index >= 15 is 0 Å². The third-order valence-corrected chi connectivity index (χ3v) is 3.96. The number of hydrogen-bond donors (Lipinski definition) is 1. The van der Waals surface area contributed by atoms with E-state index < -0.39 is 23.7 Å². The van der Waals surface area contributed by atoms with E-state index in [0.717, 1.165) is 18.3 Å². The van der Waals surface area contributed by atoms with Gasteiger partial charge in [-0.15, -0.1) is 13.2 Å². The minimum Gasteiger partial charge on any atom is -0.406 e. The van der Waals surface area contributed by atoms with E-state index in [4.69, 9.17) is 5.73 Å². The highest BCUT2D eigenvalue weighted by Gasteiger charge is 2.31. The Morgan fingerprint density at radius 2 is 1.82 bits per heavy atom. The fraction of sp³-hybridized carbons (Fsp3) is 0.211. The van der Waals surface area contributed by atoms with Crippen molar-refractivity contribution in [1.82, 2.24) is 4.98 Å². The molecule has 1 aliphatic heterocycles. The maximum absolute atomic E-state index is 14.0. The average Bonchev–Trinajstić information content (AvgIpc) is 2.56. The van der Waals surface area contributed by atoms with E-state index in [1.165, 1.54) is 18.3 Å². The van der Waals surface area contributed by atoms with Gasteiger partial charge in [0, 0.05) is 29.9 Å². The third kappa shape index (κ3) is 4.99. The molecule has 0 atom stereocenters. The zero-order valence-electron chi connectivity index (χ0n) is 14.5. The fourth-order valence-electron chi connectivity index (χ4n) is 2.89. The molecule has 9 heteroatoms. The van der Waals surface area contributed by atoms with Gasteiger partial charge in [0.25, 0.3) is 0 Å². The fourth-order valence-corrected chi connectivity index (χ4v) is 2.89. The summed E-state index contributed by atoms with van der Waals surface area (Å²) >= 11 is 0. The smallest absolute Gasteiger partial charge is 0.406 e. The van der Waals surface area contributed by atoms with E-state index in [1.54, 1.807) is 11.0 Å².